The summed E-state index contributed by atoms with van der Waals surface area (Å²) in [5.74, 6) is 0. The Bertz CT molecular complexity index is 498. The lowest BCUT2D eigenvalue weighted by Crippen LogP contribution is -2.37. The van der Waals surface area contributed by atoms with Crippen molar-refractivity contribution in [3.8, 4) is 0 Å². The third-order valence-corrected chi connectivity index (χ3v) is 4.50. The Hall–Kier alpha value is -1.68. The second kappa shape index (κ2) is 11.0. The van der Waals surface area contributed by atoms with E-state index in [-0.39, 0.29) is 6.04 Å². The van der Waals surface area contributed by atoms with Crippen molar-refractivity contribution in [2.24, 2.45) is 11.5 Å². The Kier molecular flexibility index (Phi) is 8.53. The largest absolute Gasteiger partial charge is 0.329 e. The van der Waals surface area contributed by atoms with Crippen LogP contribution in [0.4, 0.5) is 0 Å². The molecule has 0 spiro atoms. The van der Waals surface area contributed by atoms with Crippen molar-refractivity contribution >= 4 is 0 Å². The first-order chi connectivity index (χ1) is 11.8. The molecule has 0 aliphatic heterocycles. The van der Waals surface area contributed by atoms with Crippen LogP contribution >= 0.6 is 0 Å². The second-order valence-electron chi connectivity index (χ2n) is 6.48. The van der Waals surface area contributed by atoms with E-state index >= 15 is 0 Å². The second-order valence-corrected chi connectivity index (χ2v) is 6.48. The number of benzene rings is 2. The maximum Gasteiger partial charge on any atom is 0.0175 e. The highest BCUT2D eigenvalue weighted by Crippen LogP contribution is 2.11. The fourth-order valence-electron chi connectivity index (χ4n) is 2.91. The van der Waals surface area contributed by atoms with E-state index in [0.717, 1.165) is 38.6 Å². The molecule has 0 saturated heterocycles. The van der Waals surface area contributed by atoms with E-state index in [1.165, 1.54) is 11.1 Å². The minimum absolute atomic E-state index is 0.0985. The maximum absolute atomic E-state index is 5.92. The number of hydrogen-bond acceptors (Lipinski definition) is 3. The molecule has 0 fully saturated rings. The molecule has 3 heteroatoms. The summed E-state index contributed by atoms with van der Waals surface area (Å²) in [6.45, 7) is 1.49. The van der Waals surface area contributed by atoms with Crippen molar-refractivity contribution in [3.63, 3.8) is 0 Å². The smallest absolute Gasteiger partial charge is 0.0175 e. The predicted molar refractivity (Wildman–Crippen MR) is 103 cm³/mol. The fraction of sp³-hybridized carbons (Fsp3) is 0.429. The standard InChI is InChI=1S/C21H31N3/c22-17-20(23)15-16-24-21(13-11-18-7-3-1-4-8-18)14-12-19-9-5-2-6-10-19/h1-10,20-21,24H,11-17,22-23H2/t20-/m0/s1. The first kappa shape index (κ1) is 18.7. The van der Waals surface area contributed by atoms with Crippen molar-refractivity contribution in [2.75, 3.05) is 13.1 Å². The van der Waals surface area contributed by atoms with Crippen LogP contribution in [0.5, 0.6) is 0 Å². The Morgan fingerprint density at radius 3 is 1.71 bits per heavy atom. The van der Waals surface area contributed by atoms with Crippen molar-refractivity contribution in [2.45, 2.75) is 44.2 Å². The van der Waals surface area contributed by atoms with E-state index in [2.05, 4.69) is 66.0 Å². The van der Waals surface area contributed by atoms with Gasteiger partial charge < -0.3 is 16.8 Å². The number of nitrogens with two attached hydrogens (primary N) is 2. The summed E-state index contributed by atoms with van der Waals surface area (Å²) in [5.41, 5.74) is 14.3. The predicted octanol–water partition coefficient (Wildman–Crippen LogP) is 2.89. The van der Waals surface area contributed by atoms with Gasteiger partial charge in [0.05, 0.1) is 0 Å². The highest BCUT2D eigenvalue weighted by molar-refractivity contribution is 5.16. The Labute approximate surface area is 146 Å². The summed E-state index contributed by atoms with van der Waals surface area (Å²) in [6.07, 6.45) is 5.44. The van der Waals surface area contributed by atoms with Gasteiger partial charge in [-0.25, -0.2) is 0 Å². The molecule has 5 N–H and O–H groups in total. The average Bonchev–Trinajstić information content (AvgIpc) is 2.65. The third-order valence-electron chi connectivity index (χ3n) is 4.50. The highest BCUT2D eigenvalue weighted by atomic mass is 14.9. The minimum atomic E-state index is 0.0985. The highest BCUT2D eigenvalue weighted by Gasteiger charge is 2.10. The van der Waals surface area contributed by atoms with Gasteiger partial charge in [0.25, 0.3) is 0 Å². The molecular formula is C21H31N3. The zero-order valence-electron chi connectivity index (χ0n) is 14.5. The average molecular weight is 326 g/mol. The van der Waals surface area contributed by atoms with Gasteiger partial charge in [0.15, 0.2) is 0 Å². The van der Waals surface area contributed by atoms with Crippen LogP contribution in [0, 0.1) is 0 Å². The molecule has 2 aromatic rings. The van der Waals surface area contributed by atoms with Gasteiger partial charge in [0.1, 0.15) is 0 Å². The molecule has 0 aromatic heterocycles. The van der Waals surface area contributed by atoms with Crippen LogP contribution < -0.4 is 16.8 Å². The van der Waals surface area contributed by atoms with E-state index in [0.29, 0.717) is 12.6 Å². The molecule has 24 heavy (non-hydrogen) atoms. The van der Waals surface area contributed by atoms with Crippen LogP contribution in [0.3, 0.4) is 0 Å². The van der Waals surface area contributed by atoms with E-state index in [4.69, 9.17) is 11.5 Å². The zero-order chi connectivity index (χ0) is 17.0. The molecule has 0 bridgehead atoms. The normalized spacial score (nSPS) is 12.5. The minimum Gasteiger partial charge on any atom is -0.329 e. The number of nitrogens with one attached hydrogen (secondary N) is 1. The lowest BCUT2D eigenvalue weighted by Gasteiger charge is -2.20. The van der Waals surface area contributed by atoms with Gasteiger partial charge in [-0.3, -0.25) is 0 Å². The molecule has 0 aliphatic rings. The topological polar surface area (TPSA) is 64.1 Å². The molecule has 0 aliphatic carbocycles. The van der Waals surface area contributed by atoms with Crippen LogP contribution in [0.15, 0.2) is 60.7 Å². The van der Waals surface area contributed by atoms with E-state index in [1.807, 2.05) is 0 Å². The lowest BCUT2D eigenvalue weighted by molar-refractivity contribution is 0.436. The number of hydrogen-bond donors (Lipinski definition) is 3. The van der Waals surface area contributed by atoms with Crippen molar-refractivity contribution in [3.05, 3.63) is 71.8 Å². The Balaban J connectivity index is 1.82. The molecule has 0 saturated carbocycles. The molecule has 2 rings (SSSR count). The first-order valence-electron chi connectivity index (χ1n) is 9.05. The number of aryl methyl sites for hydroxylation is 2. The lowest BCUT2D eigenvalue weighted by atomic mass is 9.99. The summed E-state index contributed by atoms with van der Waals surface area (Å²) in [5, 5.41) is 3.69. The molecule has 0 unspecified atom stereocenters. The monoisotopic (exact) mass is 325 g/mol. The van der Waals surface area contributed by atoms with Crippen LogP contribution in [-0.2, 0) is 12.8 Å². The van der Waals surface area contributed by atoms with E-state index in [9.17, 15) is 0 Å². The summed E-state index contributed by atoms with van der Waals surface area (Å²) < 4.78 is 0. The van der Waals surface area contributed by atoms with Crippen molar-refractivity contribution in [1.82, 2.24) is 5.32 Å². The van der Waals surface area contributed by atoms with Crippen LogP contribution in [-0.4, -0.2) is 25.2 Å². The van der Waals surface area contributed by atoms with Crippen molar-refractivity contribution in [1.29, 1.82) is 0 Å². The van der Waals surface area contributed by atoms with Crippen LogP contribution in [0.2, 0.25) is 0 Å². The van der Waals surface area contributed by atoms with Crippen LogP contribution in [0.1, 0.15) is 30.4 Å². The zero-order valence-corrected chi connectivity index (χ0v) is 14.5. The van der Waals surface area contributed by atoms with Gasteiger partial charge in [-0.1, -0.05) is 60.7 Å². The molecule has 3 nitrogen and oxygen atoms in total. The van der Waals surface area contributed by atoms with Gasteiger partial charge in [0.2, 0.25) is 0 Å². The SMILES string of the molecule is NC[C@@H](N)CCNC(CCc1ccccc1)CCc1ccccc1. The van der Waals surface area contributed by atoms with Gasteiger partial charge >= 0.3 is 0 Å². The third kappa shape index (κ3) is 7.26. The first-order valence-corrected chi connectivity index (χ1v) is 9.05. The fourth-order valence-corrected chi connectivity index (χ4v) is 2.91. The quantitative estimate of drug-likeness (QED) is 0.595. The van der Waals surface area contributed by atoms with Gasteiger partial charge in [-0.05, 0) is 49.8 Å². The summed E-state index contributed by atoms with van der Waals surface area (Å²) >= 11 is 0. The molecule has 0 radical (unpaired) electrons. The molecule has 1 atom stereocenters. The molecule has 0 amide bonds. The van der Waals surface area contributed by atoms with Gasteiger partial charge in [-0.15, -0.1) is 0 Å². The van der Waals surface area contributed by atoms with Crippen LogP contribution in [0.25, 0.3) is 0 Å². The van der Waals surface area contributed by atoms with E-state index in [1.54, 1.807) is 0 Å². The Morgan fingerprint density at radius 2 is 1.25 bits per heavy atom. The molecular weight excluding hydrogens is 294 g/mol. The molecule has 0 heterocycles. The van der Waals surface area contributed by atoms with Gasteiger partial charge in [0, 0.05) is 18.6 Å². The van der Waals surface area contributed by atoms with Gasteiger partial charge in [-0.2, -0.15) is 0 Å². The number of rotatable bonds is 11. The summed E-state index contributed by atoms with van der Waals surface area (Å²) in [4.78, 5) is 0. The summed E-state index contributed by atoms with van der Waals surface area (Å²) in [7, 11) is 0. The Morgan fingerprint density at radius 1 is 0.750 bits per heavy atom. The maximum atomic E-state index is 5.92. The van der Waals surface area contributed by atoms with Crippen molar-refractivity contribution < 1.29 is 0 Å². The summed E-state index contributed by atoms with van der Waals surface area (Å²) in [6, 6.07) is 22.0. The van der Waals surface area contributed by atoms with E-state index < -0.39 is 0 Å². The molecule has 130 valence electrons. The molecule has 2 aromatic carbocycles.